The second-order valence-electron chi connectivity index (χ2n) is 7.34. The number of nitrogens with one attached hydrogen (secondary N) is 1. The first-order chi connectivity index (χ1) is 12.2. The third-order valence-electron chi connectivity index (χ3n) is 5.52. The molecule has 1 aromatic carbocycles. The molecule has 2 aliphatic rings. The fraction of sp³-hybridized carbons (Fsp3) is 0.500. The summed E-state index contributed by atoms with van der Waals surface area (Å²) < 4.78 is 0. The predicted molar refractivity (Wildman–Crippen MR) is 102 cm³/mol. The summed E-state index contributed by atoms with van der Waals surface area (Å²) in [6, 6.07) is 10.4. The SMILES string of the molecule is O=C(CC1CCN(c2ccc3cc(Cl)ccc3n2)CC1)NC1CCC1. The largest absolute Gasteiger partial charge is 0.357 e. The number of rotatable bonds is 4. The van der Waals surface area contributed by atoms with Crippen molar-refractivity contribution in [3.8, 4) is 0 Å². The highest BCUT2D eigenvalue weighted by molar-refractivity contribution is 6.31. The van der Waals surface area contributed by atoms with E-state index in [4.69, 9.17) is 16.6 Å². The molecule has 1 amide bonds. The molecule has 1 saturated carbocycles. The summed E-state index contributed by atoms with van der Waals surface area (Å²) in [6.45, 7) is 1.93. The summed E-state index contributed by atoms with van der Waals surface area (Å²) in [5, 5.41) is 4.96. The number of carbonyl (C=O) groups excluding carboxylic acids is 1. The minimum Gasteiger partial charge on any atom is -0.357 e. The molecular weight excluding hydrogens is 334 g/mol. The summed E-state index contributed by atoms with van der Waals surface area (Å²) in [4.78, 5) is 19.2. The van der Waals surface area contributed by atoms with Crippen LogP contribution in [-0.2, 0) is 4.79 Å². The standard InChI is InChI=1S/C20H24ClN3O/c21-16-5-6-18-15(13-16)4-7-19(23-18)24-10-8-14(9-11-24)12-20(25)22-17-2-1-3-17/h4-7,13-14,17H,1-3,8-12H2,(H,22,25). The first-order valence-electron chi connectivity index (χ1n) is 9.28. The van der Waals surface area contributed by atoms with Crippen LogP contribution in [0.15, 0.2) is 30.3 Å². The van der Waals surface area contributed by atoms with Gasteiger partial charge in [-0.05, 0) is 68.4 Å². The molecular formula is C20H24ClN3O. The van der Waals surface area contributed by atoms with Gasteiger partial charge in [-0.2, -0.15) is 0 Å². The van der Waals surface area contributed by atoms with Crippen LogP contribution in [0.1, 0.15) is 38.5 Å². The van der Waals surface area contributed by atoms with E-state index in [1.165, 1.54) is 6.42 Å². The molecule has 0 atom stereocenters. The van der Waals surface area contributed by atoms with Gasteiger partial charge in [-0.3, -0.25) is 4.79 Å². The second kappa shape index (κ2) is 7.20. The second-order valence-corrected chi connectivity index (χ2v) is 7.77. The Hall–Kier alpha value is -1.81. The topological polar surface area (TPSA) is 45.2 Å². The number of anilines is 1. The van der Waals surface area contributed by atoms with Gasteiger partial charge in [0.1, 0.15) is 5.82 Å². The van der Waals surface area contributed by atoms with Gasteiger partial charge in [-0.15, -0.1) is 0 Å². The Kier molecular flexibility index (Phi) is 4.80. The highest BCUT2D eigenvalue weighted by atomic mass is 35.5. The average Bonchev–Trinajstić information content (AvgIpc) is 2.58. The summed E-state index contributed by atoms with van der Waals surface area (Å²) in [5.74, 6) is 1.76. The molecule has 2 fully saturated rings. The predicted octanol–water partition coefficient (Wildman–Crippen LogP) is 4.16. The molecule has 0 bridgehead atoms. The molecule has 1 aliphatic carbocycles. The molecule has 1 aromatic heterocycles. The Morgan fingerprint density at radius 3 is 2.68 bits per heavy atom. The van der Waals surface area contributed by atoms with Gasteiger partial charge in [0.05, 0.1) is 5.52 Å². The van der Waals surface area contributed by atoms with Crippen LogP contribution in [0.5, 0.6) is 0 Å². The number of hydrogen-bond acceptors (Lipinski definition) is 3. The number of fused-ring (bicyclic) bond motifs is 1. The molecule has 2 heterocycles. The van der Waals surface area contributed by atoms with E-state index in [0.717, 1.165) is 60.5 Å². The third-order valence-corrected chi connectivity index (χ3v) is 5.75. The van der Waals surface area contributed by atoms with Crippen LogP contribution in [-0.4, -0.2) is 30.0 Å². The van der Waals surface area contributed by atoms with Crippen LogP contribution >= 0.6 is 11.6 Å². The van der Waals surface area contributed by atoms with Gasteiger partial charge in [-0.25, -0.2) is 4.98 Å². The summed E-state index contributed by atoms with van der Waals surface area (Å²) in [6.07, 6.45) is 6.35. The molecule has 0 radical (unpaired) electrons. The molecule has 4 nitrogen and oxygen atoms in total. The zero-order valence-corrected chi connectivity index (χ0v) is 15.1. The van der Waals surface area contributed by atoms with Gasteiger partial charge in [0, 0.05) is 36.0 Å². The van der Waals surface area contributed by atoms with Crippen molar-refractivity contribution in [3.63, 3.8) is 0 Å². The lowest BCUT2D eigenvalue weighted by atomic mass is 9.90. The Morgan fingerprint density at radius 2 is 1.96 bits per heavy atom. The normalized spacial score (nSPS) is 19.0. The Morgan fingerprint density at radius 1 is 1.16 bits per heavy atom. The third kappa shape index (κ3) is 3.90. The van der Waals surface area contributed by atoms with Crippen molar-refractivity contribution in [3.05, 3.63) is 35.4 Å². The number of carbonyl (C=O) groups is 1. The van der Waals surface area contributed by atoms with Gasteiger partial charge in [0.2, 0.25) is 5.91 Å². The first-order valence-corrected chi connectivity index (χ1v) is 9.66. The van der Waals surface area contributed by atoms with Crippen molar-refractivity contribution in [2.75, 3.05) is 18.0 Å². The zero-order chi connectivity index (χ0) is 17.2. The van der Waals surface area contributed by atoms with Crippen molar-refractivity contribution in [1.29, 1.82) is 0 Å². The Bertz CT molecular complexity index is 767. The van der Waals surface area contributed by atoms with Gasteiger partial charge in [0.25, 0.3) is 0 Å². The lowest BCUT2D eigenvalue weighted by molar-refractivity contribution is -0.123. The highest BCUT2D eigenvalue weighted by Gasteiger charge is 2.25. The fourth-order valence-corrected chi connectivity index (χ4v) is 3.91. The number of pyridine rings is 1. The first kappa shape index (κ1) is 16.6. The monoisotopic (exact) mass is 357 g/mol. The van der Waals surface area contributed by atoms with Crippen LogP contribution in [0.2, 0.25) is 5.02 Å². The quantitative estimate of drug-likeness (QED) is 0.893. The maximum Gasteiger partial charge on any atom is 0.220 e. The number of halogens is 1. The number of piperidine rings is 1. The van der Waals surface area contributed by atoms with E-state index in [1.807, 2.05) is 18.2 Å². The van der Waals surface area contributed by atoms with Crippen LogP contribution in [0, 0.1) is 5.92 Å². The maximum atomic E-state index is 12.1. The summed E-state index contributed by atoms with van der Waals surface area (Å²) in [7, 11) is 0. The molecule has 1 aliphatic heterocycles. The number of aromatic nitrogens is 1. The van der Waals surface area contributed by atoms with Crippen LogP contribution in [0.25, 0.3) is 10.9 Å². The van der Waals surface area contributed by atoms with Crippen molar-refractivity contribution < 1.29 is 4.79 Å². The molecule has 2 aromatic rings. The van der Waals surface area contributed by atoms with E-state index in [-0.39, 0.29) is 5.91 Å². The lowest BCUT2D eigenvalue weighted by Crippen LogP contribution is -2.41. The van der Waals surface area contributed by atoms with Gasteiger partial charge in [-0.1, -0.05) is 11.6 Å². The minimum atomic E-state index is 0.240. The van der Waals surface area contributed by atoms with E-state index in [9.17, 15) is 4.79 Å². The smallest absolute Gasteiger partial charge is 0.220 e. The van der Waals surface area contributed by atoms with Crippen LogP contribution < -0.4 is 10.2 Å². The molecule has 0 unspecified atom stereocenters. The van der Waals surface area contributed by atoms with E-state index in [0.29, 0.717) is 18.4 Å². The summed E-state index contributed by atoms with van der Waals surface area (Å²) in [5.41, 5.74) is 0.976. The fourth-order valence-electron chi connectivity index (χ4n) is 3.73. The Balaban J connectivity index is 1.33. The summed E-state index contributed by atoms with van der Waals surface area (Å²) >= 11 is 6.04. The highest BCUT2D eigenvalue weighted by Crippen LogP contribution is 2.27. The van der Waals surface area contributed by atoms with E-state index in [1.54, 1.807) is 0 Å². The van der Waals surface area contributed by atoms with Crippen molar-refractivity contribution in [1.82, 2.24) is 10.3 Å². The van der Waals surface area contributed by atoms with Crippen molar-refractivity contribution in [2.24, 2.45) is 5.92 Å². The van der Waals surface area contributed by atoms with Crippen LogP contribution in [0.3, 0.4) is 0 Å². The van der Waals surface area contributed by atoms with Crippen LogP contribution in [0.4, 0.5) is 5.82 Å². The molecule has 5 heteroatoms. The van der Waals surface area contributed by atoms with E-state index >= 15 is 0 Å². The molecule has 1 N–H and O–H groups in total. The number of hydrogen-bond donors (Lipinski definition) is 1. The molecule has 0 spiro atoms. The van der Waals surface area contributed by atoms with E-state index in [2.05, 4.69) is 22.3 Å². The van der Waals surface area contributed by atoms with E-state index < -0.39 is 0 Å². The van der Waals surface area contributed by atoms with Crippen molar-refractivity contribution >= 4 is 34.2 Å². The van der Waals surface area contributed by atoms with Gasteiger partial charge in [0.15, 0.2) is 0 Å². The molecule has 4 rings (SSSR count). The van der Waals surface area contributed by atoms with Gasteiger partial charge >= 0.3 is 0 Å². The molecule has 25 heavy (non-hydrogen) atoms. The average molecular weight is 358 g/mol. The van der Waals surface area contributed by atoms with Crippen molar-refractivity contribution in [2.45, 2.75) is 44.6 Å². The number of benzene rings is 1. The minimum absolute atomic E-state index is 0.240. The molecule has 132 valence electrons. The zero-order valence-electron chi connectivity index (χ0n) is 14.4. The maximum absolute atomic E-state index is 12.1. The van der Waals surface area contributed by atoms with Gasteiger partial charge < -0.3 is 10.2 Å². The lowest BCUT2D eigenvalue weighted by Gasteiger charge is -2.33. The molecule has 1 saturated heterocycles. The number of amides is 1. The Labute approximate surface area is 153 Å². The number of nitrogens with zero attached hydrogens (tertiary/aromatic N) is 2.